The number of hydrogen-bond acceptors (Lipinski definition) is 4. The van der Waals surface area contributed by atoms with Gasteiger partial charge in [0.25, 0.3) is 0 Å². The molecule has 0 aliphatic heterocycles. The average Bonchev–Trinajstić information content (AvgIpc) is 2.11. The lowest BCUT2D eigenvalue weighted by Gasteiger charge is -2.18. The molecule has 1 unspecified atom stereocenters. The van der Waals surface area contributed by atoms with Crippen LogP contribution in [0.25, 0.3) is 0 Å². The largest absolute Gasteiger partial charge is 0.468 e. The van der Waals surface area contributed by atoms with Crippen molar-refractivity contribution in [1.29, 1.82) is 5.26 Å². The molecule has 0 aliphatic carbocycles. The van der Waals surface area contributed by atoms with E-state index in [1.807, 2.05) is 19.9 Å². The fraction of sp³-hybridized carbons (Fsp3) is 0.778. The zero-order valence-electron chi connectivity index (χ0n) is 8.33. The number of nitrogens with one attached hydrogen (secondary N) is 1. The molecule has 0 bridgehead atoms. The molecular formula is C9H16N2O2. The van der Waals surface area contributed by atoms with Crippen LogP contribution in [0.15, 0.2) is 0 Å². The van der Waals surface area contributed by atoms with Crippen LogP contribution in [0.1, 0.15) is 20.3 Å². The maximum absolute atomic E-state index is 11.2. The van der Waals surface area contributed by atoms with Crippen molar-refractivity contribution >= 4 is 5.97 Å². The van der Waals surface area contributed by atoms with E-state index in [2.05, 4.69) is 10.1 Å². The number of esters is 1. The molecule has 4 heteroatoms. The maximum Gasteiger partial charge on any atom is 0.323 e. The summed E-state index contributed by atoms with van der Waals surface area (Å²) in [5.74, 6) is -0.0981. The van der Waals surface area contributed by atoms with Gasteiger partial charge in [-0.1, -0.05) is 13.8 Å². The molecule has 0 saturated heterocycles. The van der Waals surface area contributed by atoms with E-state index in [-0.39, 0.29) is 17.9 Å². The molecule has 0 saturated carbocycles. The number of rotatable bonds is 5. The Morgan fingerprint density at radius 1 is 1.62 bits per heavy atom. The fourth-order valence-corrected chi connectivity index (χ4v) is 1.00. The Morgan fingerprint density at radius 3 is 2.62 bits per heavy atom. The molecule has 4 nitrogen and oxygen atoms in total. The highest BCUT2D eigenvalue weighted by Crippen LogP contribution is 2.03. The van der Waals surface area contributed by atoms with Gasteiger partial charge < -0.3 is 10.1 Å². The molecule has 1 atom stereocenters. The molecule has 0 rings (SSSR count). The van der Waals surface area contributed by atoms with E-state index in [1.54, 1.807) is 0 Å². The smallest absolute Gasteiger partial charge is 0.323 e. The summed E-state index contributed by atoms with van der Waals surface area (Å²) in [6, 6.07) is 1.70. The quantitative estimate of drug-likeness (QED) is 0.504. The lowest BCUT2D eigenvalue weighted by Crippen LogP contribution is -2.42. The van der Waals surface area contributed by atoms with Gasteiger partial charge in [-0.25, -0.2) is 0 Å². The summed E-state index contributed by atoms with van der Waals surface area (Å²) in [5.41, 5.74) is 0. The van der Waals surface area contributed by atoms with E-state index >= 15 is 0 Å². The lowest BCUT2D eigenvalue weighted by molar-refractivity contribution is -0.144. The van der Waals surface area contributed by atoms with Crippen molar-refractivity contribution in [2.45, 2.75) is 26.3 Å². The Labute approximate surface area is 78.9 Å². The molecule has 0 aromatic carbocycles. The van der Waals surface area contributed by atoms with E-state index < -0.39 is 0 Å². The van der Waals surface area contributed by atoms with Gasteiger partial charge in [0, 0.05) is 13.0 Å². The standard InChI is InChI=1S/C9H16N2O2/c1-7(2)8(9(12)13-3)11-6-4-5-10/h7-8,11H,4,6H2,1-3H3. The van der Waals surface area contributed by atoms with Crippen molar-refractivity contribution in [1.82, 2.24) is 5.32 Å². The van der Waals surface area contributed by atoms with Gasteiger partial charge in [-0.2, -0.15) is 5.26 Å². The maximum atomic E-state index is 11.2. The molecule has 1 N–H and O–H groups in total. The number of carbonyl (C=O) groups is 1. The van der Waals surface area contributed by atoms with Crippen LogP contribution in [-0.2, 0) is 9.53 Å². The number of ether oxygens (including phenoxy) is 1. The summed E-state index contributed by atoms with van der Waals surface area (Å²) in [6.07, 6.45) is 0.403. The first kappa shape index (κ1) is 11.9. The van der Waals surface area contributed by atoms with E-state index in [0.29, 0.717) is 13.0 Å². The monoisotopic (exact) mass is 184 g/mol. The third-order valence-electron chi connectivity index (χ3n) is 1.72. The van der Waals surface area contributed by atoms with Crippen LogP contribution in [0.3, 0.4) is 0 Å². The number of methoxy groups -OCH3 is 1. The van der Waals surface area contributed by atoms with E-state index in [4.69, 9.17) is 5.26 Å². The highest BCUT2D eigenvalue weighted by molar-refractivity contribution is 5.75. The van der Waals surface area contributed by atoms with Crippen molar-refractivity contribution in [3.8, 4) is 6.07 Å². The SMILES string of the molecule is COC(=O)C(NCCC#N)C(C)C. The van der Waals surface area contributed by atoms with Crippen LogP contribution >= 0.6 is 0 Å². The minimum atomic E-state index is -0.307. The normalized spacial score (nSPS) is 12.2. The summed E-state index contributed by atoms with van der Waals surface area (Å²) >= 11 is 0. The molecule has 0 aliphatic rings. The number of nitriles is 1. The Kier molecular flexibility index (Phi) is 5.90. The van der Waals surface area contributed by atoms with Gasteiger partial charge in [0.2, 0.25) is 0 Å². The molecule has 0 aromatic heterocycles. The highest BCUT2D eigenvalue weighted by atomic mass is 16.5. The third-order valence-corrected chi connectivity index (χ3v) is 1.72. The van der Waals surface area contributed by atoms with Gasteiger partial charge in [-0.15, -0.1) is 0 Å². The second kappa shape index (κ2) is 6.44. The molecule has 0 amide bonds. The van der Waals surface area contributed by atoms with Gasteiger partial charge >= 0.3 is 5.97 Å². The molecule has 74 valence electrons. The van der Waals surface area contributed by atoms with E-state index in [9.17, 15) is 4.79 Å². The summed E-state index contributed by atoms with van der Waals surface area (Å²) in [5, 5.41) is 11.3. The predicted molar refractivity (Wildman–Crippen MR) is 48.9 cm³/mol. The highest BCUT2D eigenvalue weighted by Gasteiger charge is 2.21. The van der Waals surface area contributed by atoms with Crippen molar-refractivity contribution in [3.05, 3.63) is 0 Å². The Hall–Kier alpha value is -1.08. The minimum Gasteiger partial charge on any atom is -0.468 e. The summed E-state index contributed by atoms with van der Waals surface area (Å²) in [7, 11) is 1.36. The molecular weight excluding hydrogens is 168 g/mol. The Bertz CT molecular complexity index is 196. The second-order valence-electron chi connectivity index (χ2n) is 3.11. The van der Waals surface area contributed by atoms with Crippen LogP contribution in [-0.4, -0.2) is 25.7 Å². The number of hydrogen-bond donors (Lipinski definition) is 1. The van der Waals surface area contributed by atoms with E-state index in [1.165, 1.54) is 7.11 Å². The second-order valence-corrected chi connectivity index (χ2v) is 3.11. The molecule has 13 heavy (non-hydrogen) atoms. The van der Waals surface area contributed by atoms with Gasteiger partial charge in [-0.3, -0.25) is 4.79 Å². The zero-order chi connectivity index (χ0) is 10.3. The molecule has 0 aromatic rings. The Morgan fingerprint density at radius 2 is 2.23 bits per heavy atom. The van der Waals surface area contributed by atoms with Crippen molar-refractivity contribution in [2.24, 2.45) is 5.92 Å². The van der Waals surface area contributed by atoms with Gasteiger partial charge in [0.1, 0.15) is 6.04 Å². The van der Waals surface area contributed by atoms with Gasteiger partial charge in [0.15, 0.2) is 0 Å². The topological polar surface area (TPSA) is 62.1 Å². The van der Waals surface area contributed by atoms with E-state index in [0.717, 1.165) is 0 Å². The number of carbonyl (C=O) groups excluding carboxylic acids is 1. The zero-order valence-corrected chi connectivity index (χ0v) is 8.33. The molecule has 0 heterocycles. The Balaban J connectivity index is 3.97. The van der Waals surface area contributed by atoms with Crippen LogP contribution in [0.4, 0.5) is 0 Å². The van der Waals surface area contributed by atoms with Gasteiger partial charge in [0.05, 0.1) is 13.2 Å². The summed E-state index contributed by atoms with van der Waals surface area (Å²) in [6.45, 7) is 4.39. The van der Waals surface area contributed by atoms with Gasteiger partial charge in [-0.05, 0) is 5.92 Å². The first-order valence-electron chi connectivity index (χ1n) is 4.31. The van der Waals surface area contributed by atoms with Crippen LogP contribution < -0.4 is 5.32 Å². The minimum absolute atomic E-state index is 0.172. The molecule has 0 fully saturated rings. The number of nitrogens with zero attached hydrogens (tertiary/aromatic N) is 1. The molecule has 0 radical (unpaired) electrons. The third kappa shape index (κ3) is 4.48. The van der Waals surface area contributed by atoms with Crippen molar-refractivity contribution in [3.63, 3.8) is 0 Å². The predicted octanol–water partition coefficient (Wildman–Crippen LogP) is 0.687. The molecule has 0 spiro atoms. The van der Waals surface area contributed by atoms with Crippen LogP contribution in [0.2, 0.25) is 0 Å². The first-order chi connectivity index (χ1) is 6.13. The first-order valence-corrected chi connectivity index (χ1v) is 4.31. The lowest BCUT2D eigenvalue weighted by atomic mass is 10.0. The fourth-order valence-electron chi connectivity index (χ4n) is 1.00. The summed E-state index contributed by atoms with van der Waals surface area (Å²) < 4.78 is 4.62. The van der Waals surface area contributed by atoms with Crippen LogP contribution in [0, 0.1) is 17.2 Å². The van der Waals surface area contributed by atoms with Crippen LogP contribution in [0.5, 0.6) is 0 Å². The van der Waals surface area contributed by atoms with Crippen molar-refractivity contribution < 1.29 is 9.53 Å². The van der Waals surface area contributed by atoms with Crippen molar-refractivity contribution in [2.75, 3.05) is 13.7 Å². The summed E-state index contributed by atoms with van der Waals surface area (Å²) in [4.78, 5) is 11.2. The average molecular weight is 184 g/mol.